The Bertz CT molecular complexity index is 256. The summed E-state index contributed by atoms with van der Waals surface area (Å²) >= 11 is 0. The van der Waals surface area contributed by atoms with Crippen LogP contribution in [0.5, 0.6) is 5.75 Å². The third-order valence-electron chi connectivity index (χ3n) is 2.08. The molecule has 0 heterocycles. The van der Waals surface area contributed by atoms with Gasteiger partial charge in [-0.2, -0.15) is 0 Å². The van der Waals surface area contributed by atoms with Gasteiger partial charge in [-0.05, 0) is 17.7 Å². The van der Waals surface area contributed by atoms with Crippen molar-refractivity contribution in [1.82, 2.24) is 0 Å². The Morgan fingerprint density at radius 2 is 1.86 bits per heavy atom. The molecule has 1 rings (SSSR count). The van der Waals surface area contributed by atoms with E-state index in [2.05, 4.69) is 0 Å². The van der Waals surface area contributed by atoms with Gasteiger partial charge in [-0.1, -0.05) is 19.1 Å². The van der Waals surface area contributed by atoms with E-state index in [0.717, 1.165) is 11.3 Å². The molecule has 1 atom stereocenters. The molecule has 0 amide bonds. The summed E-state index contributed by atoms with van der Waals surface area (Å²) in [5, 5.41) is 17.5. The number of rotatable bonds is 5. The Morgan fingerprint density at radius 1 is 1.21 bits per heavy atom. The van der Waals surface area contributed by atoms with Crippen molar-refractivity contribution >= 4 is 0 Å². The van der Waals surface area contributed by atoms with Gasteiger partial charge in [-0.25, -0.2) is 0 Å². The van der Waals surface area contributed by atoms with E-state index < -0.39 is 0 Å². The van der Waals surface area contributed by atoms with Gasteiger partial charge in [-0.15, -0.1) is 0 Å². The zero-order valence-corrected chi connectivity index (χ0v) is 8.31. The first-order valence-electron chi connectivity index (χ1n) is 4.72. The third kappa shape index (κ3) is 3.01. The van der Waals surface area contributed by atoms with Crippen LogP contribution in [0.15, 0.2) is 24.3 Å². The topological polar surface area (TPSA) is 49.7 Å². The Balaban J connectivity index is 2.59. The molecule has 78 valence electrons. The van der Waals surface area contributed by atoms with Gasteiger partial charge >= 0.3 is 0 Å². The third-order valence-corrected chi connectivity index (χ3v) is 2.08. The lowest BCUT2D eigenvalue weighted by Gasteiger charge is -2.09. The normalized spacial score (nSPS) is 12.5. The molecule has 1 aromatic carbocycles. The monoisotopic (exact) mass is 196 g/mol. The summed E-state index contributed by atoms with van der Waals surface area (Å²) in [7, 11) is 0. The lowest BCUT2D eigenvalue weighted by Crippen LogP contribution is -2.02. The van der Waals surface area contributed by atoms with Gasteiger partial charge in [0.1, 0.15) is 12.4 Å². The summed E-state index contributed by atoms with van der Waals surface area (Å²) in [6.45, 7) is 2.45. The molecule has 1 unspecified atom stereocenters. The molecule has 0 saturated heterocycles. The molecule has 0 aliphatic carbocycles. The van der Waals surface area contributed by atoms with Crippen molar-refractivity contribution in [1.29, 1.82) is 0 Å². The van der Waals surface area contributed by atoms with Gasteiger partial charge in [-0.3, -0.25) is 0 Å². The second-order valence-corrected chi connectivity index (χ2v) is 3.22. The number of ether oxygens (including phenoxy) is 1. The zero-order valence-electron chi connectivity index (χ0n) is 8.31. The maximum atomic E-state index is 8.93. The molecule has 0 bridgehead atoms. The van der Waals surface area contributed by atoms with Crippen LogP contribution in [0, 0.1) is 0 Å². The fourth-order valence-corrected chi connectivity index (χ4v) is 1.16. The molecule has 0 aromatic heterocycles. The highest BCUT2D eigenvalue weighted by atomic mass is 16.5. The van der Waals surface area contributed by atoms with Crippen molar-refractivity contribution in [3.8, 4) is 5.75 Å². The molecular formula is C11H16O3. The Labute approximate surface area is 84.0 Å². The lowest BCUT2D eigenvalue weighted by molar-refractivity contribution is 0.201. The minimum Gasteiger partial charge on any atom is -0.491 e. The smallest absolute Gasteiger partial charge is 0.119 e. The molecule has 0 saturated carbocycles. The van der Waals surface area contributed by atoms with E-state index in [0.29, 0.717) is 6.61 Å². The van der Waals surface area contributed by atoms with E-state index in [1.54, 1.807) is 0 Å². The van der Waals surface area contributed by atoms with Crippen LogP contribution in [0.4, 0.5) is 0 Å². The van der Waals surface area contributed by atoms with E-state index >= 15 is 0 Å². The highest BCUT2D eigenvalue weighted by Crippen LogP contribution is 2.18. The van der Waals surface area contributed by atoms with E-state index in [1.807, 2.05) is 31.2 Å². The van der Waals surface area contributed by atoms with Gasteiger partial charge in [0.25, 0.3) is 0 Å². The molecular weight excluding hydrogens is 180 g/mol. The summed E-state index contributed by atoms with van der Waals surface area (Å²) in [6, 6.07) is 7.54. The van der Waals surface area contributed by atoms with E-state index in [9.17, 15) is 0 Å². The zero-order chi connectivity index (χ0) is 10.4. The number of hydrogen-bond acceptors (Lipinski definition) is 3. The minimum absolute atomic E-state index is 0.0226. The van der Waals surface area contributed by atoms with E-state index in [-0.39, 0.29) is 19.1 Å². The fraction of sp³-hybridized carbons (Fsp3) is 0.455. The highest BCUT2D eigenvalue weighted by Gasteiger charge is 2.03. The van der Waals surface area contributed by atoms with E-state index in [1.165, 1.54) is 0 Å². The SMILES string of the molecule is CC(CO)c1ccc(OCCO)cc1. The molecule has 0 fully saturated rings. The predicted octanol–water partition coefficient (Wildman–Crippen LogP) is 1.15. The van der Waals surface area contributed by atoms with Crippen molar-refractivity contribution < 1.29 is 14.9 Å². The van der Waals surface area contributed by atoms with Crippen LogP contribution < -0.4 is 4.74 Å². The standard InChI is InChI=1S/C11H16O3/c1-9(8-13)10-2-4-11(5-3-10)14-7-6-12/h2-5,9,12-13H,6-8H2,1H3. The van der Waals surface area contributed by atoms with Crippen LogP contribution in [0.2, 0.25) is 0 Å². The average molecular weight is 196 g/mol. The van der Waals surface area contributed by atoms with Crippen LogP contribution in [0.1, 0.15) is 18.4 Å². The molecule has 0 aliphatic rings. The van der Waals surface area contributed by atoms with Gasteiger partial charge < -0.3 is 14.9 Å². The van der Waals surface area contributed by atoms with Crippen molar-refractivity contribution in [3.05, 3.63) is 29.8 Å². The first kappa shape index (κ1) is 11.0. The molecule has 3 heteroatoms. The summed E-state index contributed by atoms with van der Waals surface area (Å²) in [4.78, 5) is 0. The number of aliphatic hydroxyl groups excluding tert-OH is 2. The maximum Gasteiger partial charge on any atom is 0.119 e. The van der Waals surface area contributed by atoms with Crippen molar-refractivity contribution in [2.24, 2.45) is 0 Å². The summed E-state index contributed by atoms with van der Waals surface area (Å²) in [5.41, 5.74) is 1.09. The quantitative estimate of drug-likeness (QED) is 0.742. The van der Waals surface area contributed by atoms with Crippen molar-refractivity contribution in [3.63, 3.8) is 0 Å². The molecule has 14 heavy (non-hydrogen) atoms. The molecule has 0 radical (unpaired) electrons. The van der Waals surface area contributed by atoms with Crippen LogP contribution in [-0.2, 0) is 0 Å². The van der Waals surface area contributed by atoms with Gasteiger partial charge in [0.15, 0.2) is 0 Å². The molecule has 0 aliphatic heterocycles. The van der Waals surface area contributed by atoms with Crippen LogP contribution >= 0.6 is 0 Å². The van der Waals surface area contributed by atoms with Gasteiger partial charge in [0.2, 0.25) is 0 Å². The predicted molar refractivity (Wildman–Crippen MR) is 54.5 cm³/mol. The van der Waals surface area contributed by atoms with Crippen molar-refractivity contribution in [2.45, 2.75) is 12.8 Å². The number of aliphatic hydroxyl groups is 2. The van der Waals surface area contributed by atoms with Gasteiger partial charge in [0.05, 0.1) is 6.61 Å². The number of benzene rings is 1. The van der Waals surface area contributed by atoms with Crippen molar-refractivity contribution in [2.75, 3.05) is 19.8 Å². The first-order chi connectivity index (χ1) is 6.77. The Morgan fingerprint density at radius 3 is 2.36 bits per heavy atom. The van der Waals surface area contributed by atoms with Gasteiger partial charge in [0, 0.05) is 12.5 Å². The first-order valence-corrected chi connectivity index (χ1v) is 4.72. The summed E-state index contributed by atoms with van der Waals surface area (Å²) in [5.74, 6) is 0.898. The van der Waals surface area contributed by atoms with Crippen LogP contribution in [0.3, 0.4) is 0 Å². The van der Waals surface area contributed by atoms with Crippen LogP contribution in [-0.4, -0.2) is 30.0 Å². The largest absolute Gasteiger partial charge is 0.491 e. The molecule has 1 aromatic rings. The Kier molecular flexibility index (Phi) is 4.43. The van der Waals surface area contributed by atoms with Crippen LogP contribution in [0.25, 0.3) is 0 Å². The lowest BCUT2D eigenvalue weighted by atomic mass is 10.0. The minimum atomic E-state index is 0.0226. The fourth-order valence-electron chi connectivity index (χ4n) is 1.16. The second kappa shape index (κ2) is 5.62. The maximum absolute atomic E-state index is 8.93. The second-order valence-electron chi connectivity index (χ2n) is 3.22. The Hall–Kier alpha value is -1.06. The molecule has 2 N–H and O–H groups in total. The van der Waals surface area contributed by atoms with E-state index in [4.69, 9.17) is 14.9 Å². The molecule has 3 nitrogen and oxygen atoms in total. The molecule has 0 spiro atoms. The average Bonchev–Trinajstić information content (AvgIpc) is 2.26. The summed E-state index contributed by atoms with van der Waals surface area (Å²) < 4.78 is 5.21. The number of hydrogen-bond donors (Lipinski definition) is 2. The highest BCUT2D eigenvalue weighted by molar-refractivity contribution is 5.29. The summed E-state index contributed by atoms with van der Waals surface area (Å²) in [6.07, 6.45) is 0.